The van der Waals surface area contributed by atoms with E-state index in [9.17, 15) is 18.4 Å². The molecule has 2 aromatic rings. The number of halogens is 2. The van der Waals surface area contributed by atoms with Crippen molar-refractivity contribution >= 4 is 23.6 Å². The first-order valence-corrected chi connectivity index (χ1v) is 8.63. The first-order chi connectivity index (χ1) is 13.8. The normalized spacial score (nSPS) is 10.8. The average molecular weight is 405 g/mol. The van der Waals surface area contributed by atoms with Crippen molar-refractivity contribution in [3.05, 3.63) is 59.2 Å². The molecule has 29 heavy (non-hydrogen) atoms. The lowest BCUT2D eigenvalue weighted by atomic mass is 10.1. The van der Waals surface area contributed by atoms with Crippen LogP contribution in [0, 0.1) is 13.8 Å². The third-order valence-corrected chi connectivity index (χ3v) is 3.95. The molecule has 0 spiro atoms. The summed E-state index contributed by atoms with van der Waals surface area (Å²) in [5.74, 6) is -1.23. The van der Waals surface area contributed by atoms with Crippen LogP contribution in [0.15, 0.2) is 42.5 Å². The lowest BCUT2D eigenvalue weighted by molar-refractivity contribution is -0.142. The molecule has 0 atom stereocenters. The Bertz CT molecular complexity index is 912. The van der Waals surface area contributed by atoms with Crippen molar-refractivity contribution in [3.63, 3.8) is 0 Å². The number of carbonyl (C=O) groups excluding carboxylic acids is 2. The number of hydrogen-bond donors (Lipinski definition) is 1. The lowest BCUT2D eigenvalue weighted by Crippen LogP contribution is -2.20. The molecule has 0 fully saturated rings. The molecule has 0 saturated carbocycles. The SMILES string of the molecule is COc1cc(/C=C/C(=O)OCC(=O)Nc2ccc(C)c(C)c2)ccc1OC(F)F. The zero-order chi connectivity index (χ0) is 21.4. The number of rotatable bonds is 8. The Balaban J connectivity index is 1.88. The van der Waals surface area contributed by atoms with Crippen molar-refractivity contribution in [2.75, 3.05) is 19.0 Å². The molecule has 0 saturated heterocycles. The highest BCUT2D eigenvalue weighted by molar-refractivity contribution is 5.94. The summed E-state index contributed by atoms with van der Waals surface area (Å²) in [5.41, 5.74) is 3.25. The second kappa shape index (κ2) is 10.2. The molecule has 0 aliphatic rings. The van der Waals surface area contributed by atoms with E-state index in [0.717, 1.165) is 17.2 Å². The van der Waals surface area contributed by atoms with Gasteiger partial charge < -0.3 is 19.5 Å². The van der Waals surface area contributed by atoms with Gasteiger partial charge in [-0.3, -0.25) is 4.79 Å². The fourth-order valence-corrected chi connectivity index (χ4v) is 2.35. The van der Waals surface area contributed by atoms with Crippen molar-refractivity contribution in [2.45, 2.75) is 20.5 Å². The smallest absolute Gasteiger partial charge is 0.387 e. The Hall–Kier alpha value is -3.42. The summed E-state index contributed by atoms with van der Waals surface area (Å²) in [6.07, 6.45) is 2.52. The number of ether oxygens (including phenoxy) is 3. The molecular formula is C21H21F2NO5. The maximum absolute atomic E-state index is 12.3. The number of esters is 1. The number of nitrogens with one attached hydrogen (secondary N) is 1. The minimum absolute atomic E-state index is 0.0913. The quantitative estimate of drug-likeness (QED) is 0.529. The minimum atomic E-state index is -2.98. The van der Waals surface area contributed by atoms with Crippen LogP contribution in [0.25, 0.3) is 6.08 Å². The van der Waals surface area contributed by atoms with Crippen LogP contribution < -0.4 is 14.8 Å². The highest BCUT2D eigenvalue weighted by Gasteiger charge is 2.11. The molecule has 1 amide bonds. The number of hydrogen-bond acceptors (Lipinski definition) is 5. The van der Waals surface area contributed by atoms with Crippen molar-refractivity contribution in [2.24, 2.45) is 0 Å². The topological polar surface area (TPSA) is 73.9 Å². The van der Waals surface area contributed by atoms with E-state index in [4.69, 9.17) is 9.47 Å². The monoisotopic (exact) mass is 405 g/mol. The van der Waals surface area contributed by atoms with E-state index in [2.05, 4.69) is 10.1 Å². The summed E-state index contributed by atoms with van der Waals surface area (Å²) < 4.78 is 38.9. The molecule has 2 aromatic carbocycles. The third-order valence-electron chi connectivity index (χ3n) is 3.95. The lowest BCUT2D eigenvalue weighted by Gasteiger charge is -2.10. The number of aryl methyl sites for hydroxylation is 2. The summed E-state index contributed by atoms with van der Waals surface area (Å²) >= 11 is 0. The highest BCUT2D eigenvalue weighted by Crippen LogP contribution is 2.29. The molecule has 0 aliphatic heterocycles. The largest absolute Gasteiger partial charge is 0.493 e. The van der Waals surface area contributed by atoms with E-state index in [0.29, 0.717) is 11.3 Å². The second-order valence-electron chi connectivity index (χ2n) is 6.08. The van der Waals surface area contributed by atoms with Gasteiger partial charge in [-0.2, -0.15) is 8.78 Å². The summed E-state index contributed by atoms with van der Waals surface area (Å²) in [6, 6.07) is 9.66. The summed E-state index contributed by atoms with van der Waals surface area (Å²) in [5, 5.41) is 2.64. The molecule has 0 heterocycles. The molecule has 2 rings (SSSR count). The fourth-order valence-electron chi connectivity index (χ4n) is 2.35. The number of carbonyl (C=O) groups is 2. The van der Waals surface area contributed by atoms with Gasteiger partial charge in [0.2, 0.25) is 0 Å². The van der Waals surface area contributed by atoms with Crippen LogP contribution in [0.4, 0.5) is 14.5 Å². The predicted molar refractivity (Wildman–Crippen MR) is 104 cm³/mol. The van der Waals surface area contributed by atoms with Crippen molar-refractivity contribution in [3.8, 4) is 11.5 Å². The standard InChI is InChI=1S/C21H21F2NO5/c1-13-4-7-16(10-14(13)2)24-19(25)12-28-20(26)9-6-15-5-8-17(29-21(22)23)18(11-15)27-3/h4-11,21H,12H2,1-3H3,(H,24,25)/b9-6+. The van der Waals surface area contributed by atoms with Gasteiger partial charge in [-0.15, -0.1) is 0 Å². The maximum atomic E-state index is 12.3. The molecule has 0 radical (unpaired) electrons. The molecule has 0 aliphatic carbocycles. The van der Waals surface area contributed by atoms with Crippen LogP contribution >= 0.6 is 0 Å². The predicted octanol–water partition coefficient (Wildman–Crippen LogP) is 4.11. The van der Waals surface area contributed by atoms with Gasteiger partial charge in [0.1, 0.15) is 0 Å². The van der Waals surface area contributed by atoms with Crippen LogP contribution in [0.5, 0.6) is 11.5 Å². The zero-order valence-electron chi connectivity index (χ0n) is 16.2. The molecule has 154 valence electrons. The van der Waals surface area contributed by atoms with Gasteiger partial charge in [0.25, 0.3) is 5.91 Å². The highest BCUT2D eigenvalue weighted by atomic mass is 19.3. The van der Waals surface area contributed by atoms with E-state index in [1.165, 1.54) is 31.4 Å². The fraction of sp³-hybridized carbons (Fsp3) is 0.238. The van der Waals surface area contributed by atoms with Crippen LogP contribution in [0.2, 0.25) is 0 Å². The van der Waals surface area contributed by atoms with Crippen molar-refractivity contribution in [1.29, 1.82) is 0 Å². The van der Waals surface area contributed by atoms with E-state index < -0.39 is 25.1 Å². The maximum Gasteiger partial charge on any atom is 0.387 e. The van der Waals surface area contributed by atoms with Gasteiger partial charge >= 0.3 is 12.6 Å². The first kappa shape index (κ1) is 21.9. The van der Waals surface area contributed by atoms with Gasteiger partial charge in [-0.05, 0) is 60.9 Å². The minimum Gasteiger partial charge on any atom is -0.493 e. The molecule has 0 bridgehead atoms. The summed E-state index contributed by atoms with van der Waals surface area (Å²) in [4.78, 5) is 23.7. The Kier molecular flexibility index (Phi) is 7.70. The number of anilines is 1. The van der Waals surface area contributed by atoms with Crippen LogP contribution in [0.1, 0.15) is 16.7 Å². The summed E-state index contributed by atoms with van der Waals surface area (Å²) in [6.45, 7) is 0.469. The van der Waals surface area contributed by atoms with Crippen molar-refractivity contribution < 1.29 is 32.6 Å². The molecule has 1 N–H and O–H groups in total. The molecular weight excluding hydrogens is 384 g/mol. The number of methoxy groups -OCH3 is 1. The van der Waals surface area contributed by atoms with Crippen LogP contribution in [0.3, 0.4) is 0 Å². The Morgan fingerprint density at radius 1 is 1.07 bits per heavy atom. The Labute approximate surface area is 167 Å². The molecule has 0 unspecified atom stereocenters. The van der Waals surface area contributed by atoms with Crippen LogP contribution in [-0.2, 0) is 14.3 Å². The van der Waals surface area contributed by atoms with Gasteiger partial charge in [0.05, 0.1) is 7.11 Å². The van der Waals surface area contributed by atoms with E-state index >= 15 is 0 Å². The Morgan fingerprint density at radius 3 is 2.48 bits per heavy atom. The molecule has 8 heteroatoms. The average Bonchev–Trinajstić information content (AvgIpc) is 2.68. The van der Waals surface area contributed by atoms with E-state index in [-0.39, 0.29) is 11.5 Å². The van der Waals surface area contributed by atoms with Gasteiger partial charge in [0, 0.05) is 11.8 Å². The van der Waals surface area contributed by atoms with E-state index in [1.807, 2.05) is 26.0 Å². The summed E-state index contributed by atoms with van der Waals surface area (Å²) in [7, 11) is 1.31. The zero-order valence-corrected chi connectivity index (χ0v) is 16.2. The number of alkyl halides is 2. The van der Waals surface area contributed by atoms with Gasteiger partial charge in [-0.25, -0.2) is 4.79 Å². The second-order valence-corrected chi connectivity index (χ2v) is 6.08. The van der Waals surface area contributed by atoms with Gasteiger partial charge in [0.15, 0.2) is 18.1 Å². The Morgan fingerprint density at radius 2 is 1.83 bits per heavy atom. The van der Waals surface area contributed by atoms with Crippen molar-refractivity contribution in [1.82, 2.24) is 0 Å². The number of amides is 1. The molecule has 0 aromatic heterocycles. The van der Waals surface area contributed by atoms with E-state index in [1.54, 1.807) is 6.07 Å². The van der Waals surface area contributed by atoms with Gasteiger partial charge in [-0.1, -0.05) is 12.1 Å². The molecule has 6 nitrogen and oxygen atoms in total. The van der Waals surface area contributed by atoms with Crippen LogP contribution in [-0.4, -0.2) is 32.2 Å². The first-order valence-electron chi connectivity index (χ1n) is 8.63. The number of benzene rings is 2. The third kappa shape index (κ3) is 6.91.